The smallest absolute Gasteiger partial charge is 0.134 e. The van der Waals surface area contributed by atoms with E-state index in [2.05, 4.69) is 22.5 Å². The third-order valence-electron chi connectivity index (χ3n) is 2.08. The Bertz CT molecular complexity index is 475. The lowest BCUT2D eigenvalue weighted by molar-refractivity contribution is 0.530. The molecule has 0 radical (unpaired) electrons. The van der Waals surface area contributed by atoms with E-state index in [1.165, 1.54) is 0 Å². The van der Waals surface area contributed by atoms with Gasteiger partial charge in [-0.1, -0.05) is 22.0 Å². The number of benzene rings is 1. The van der Waals surface area contributed by atoms with E-state index in [0.717, 1.165) is 21.2 Å². The first kappa shape index (κ1) is 9.49. The highest BCUT2D eigenvalue weighted by molar-refractivity contribution is 9.10. The Morgan fingerprint density at radius 1 is 1.43 bits per heavy atom. The molecule has 3 heteroatoms. The van der Waals surface area contributed by atoms with Gasteiger partial charge < -0.3 is 10.2 Å². The highest BCUT2D eigenvalue weighted by Crippen LogP contribution is 2.25. The van der Waals surface area contributed by atoms with Crippen molar-refractivity contribution in [2.24, 2.45) is 5.73 Å². The summed E-state index contributed by atoms with van der Waals surface area (Å²) in [4.78, 5) is 0. The van der Waals surface area contributed by atoms with Crippen molar-refractivity contribution < 1.29 is 4.42 Å². The Balaban J connectivity index is 2.56. The van der Waals surface area contributed by atoms with Crippen molar-refractivity contribution in [2.75, 3.05) is 0 Å². The fraction of sp³-hybridized carbons (Fsp3) is 0.0909. The molecule has 0 saturated carbocycles. The molecule has 1 aromatic carbocycles. The van der Waals surface area contributed by atoms with E-state index in [9.17, 15) is 0 Å². The monoisotopic (exact) mass is 251 g/mol. The maximum Gasteiger partial charge on any atom is 0.134 e. The van der Waals surface area contributed by atoms with Gasteiger partial charge >= 0.3 is 0 Å². The lowest BCUT2D eigenvalue weighted by Crippen LogP contribution is -2.04. The lowest BCUT2D eigenvalue weighted by atomic mass is 10.2. The Labute approximate surface area is 90.5 Å². The van der Waals surface area contributed by atoms with Crippen LogP contribution >= 0.6 is 15.9 Å². The summed E-state index contributed by atoms with van der Waals surface area (Å²) in [6.45, 7) is 3.63. The summed E-state index contributed by atoms with van der Waals surface area (Å²) in [6, 6.07) is 7.56. The summed E-state index contributed by atoms with van der Waals surface area (Å²) in [5, 5.41) is 1.05. The third-order valence-corrected chi connectivity index (χ3v) is 2.57. The molecule has 72 valence electrons. The molecular weight excluding hydrogens is 242 g/mol. The van der Waals surface area contributed by atoms with Crippen molar-refractivity contribution in [1.82, 2.24) is 0 Å². The SMILES string of the molecule is C=CC(N)c1cc2cc(Br)ccc2o1. The van der Waals surface area contributed by atoms with E-state index in [1.54, 1.807) is 6.08 Å². The fourth-order valence-electron chi connectivity index (χ4n) is 1.32. The van der Waals surface area contributed by atoms with E-state index >= 15 is 0 Å². The van der Waals surface area contributed by atoms with E-state index in [-0.39, 0.29) is 6.04 Å². The summed E-state index contributed by atoms with van der Waals surface area (Å²) in [7, 11) is 0. The molecule has 0 aliphatic rings. The highest BCUT2D eigenvalue weighted by Gasteiger charge is 2.08. The van der Waals surface area contributed by atoms with Gasteiger partial charge in [-0.3, -0.25) is 0 Å². The van der Waals surface area contributed by atoms with Gasteiger partial charge in [-0.05, 0) is 24.3 Å². The first-order chi connectivity index (χ1) is 6.70. The molecule has 0 bridgehead atoms. The van der Waals surface area contributed by atoms with E-state index in [4.69, 9.17) is 10.2 Å². The largest absolute Gasteiger partial charge is 0.459 e. The molecule has 1 atom stereocenters. The van der Waals surface area contributed by atoms with Gasteiger partial charge in [-0.2, -0.15) is 0 Å². The molecule has 1 unspecified atom stereocenters. The first-order valence-electron chi connectivity index (χ1n) is 4.28. The van der Waals surface area contributed by atoms with Gasteiger partial charge in [0.1, 0.15) is 11.3 Å². The molecule has 0 spiro atoms. The number of fused-ring (bicyclic) bond motifs is 1. The first-order valence-corrected chi connectivity index (χ1v) is 5.07. The average Bonchev–Trinajstić information content (AvgIpc) is 2.59. The maximum atomic E-state index is 5.77. The Hall–Kier alpha value is -1.06. The molecule has 14 heavy (non-hydrogen) atoms. The van der Waals surface area contributed by atoms with Crippen LogP contribution in [-0.2, 0) is 0 Å². The van der Waals surface area contributed by atoms with Crippen LogP contribution in [0, 0.1) is 0 Å². The summed E-state index contributed by atoms with van der Waals surface area (Å²) < 4.78 is 6.59. The van der Waals surface area contributed by atoms with Gasteiger partial charge in [0.05, 0.1) is 6.04 Å². The Kier molecular flexibility index (Phi) is 2.44. The predicted molar refractivity (Wildman–Crippen MR) is 61.0 cm³/mol. The number of hydrogen-bond donors (Lipinski definition) is 1. The zero-order chi connectivity index (χ0) is 10.1. The van der Waals surface area contributed by atoms with Crippen molar-refractivity contribution in [2.45, 2.75) is 6.04 Å². The third kappa shape index (κ3) is 1.61. The molecule has 1 heterocycles. The normalized spacial score (nSPS) is 13.0. The van der Waals surface area contributed by atoms with Crippen molar-refractivity contribution in [3.63, 3.8) is 0 Å². The number of halogens is 1. The summed E-state index contributed by atoms with van der Waals surface area (Å²) >= 11 is 3.40. The van der Waals surface area contributed by atoms with Crippen molar-refractivity contribution in [3.05, 3.63) is 47.2 Å². The van der Waals surface area contributed by atoms with Crippen LogP contribution in [0.1, 0.15) is 11.8 Å². The van der Waals surface area contributed by atoms with Gasteiger partial charge in [-0.15, -0.1) is 6.58 Å². The number of furan rings is 1. The van der Waals surface area contributed by atoms with Crippen LogP contribution in [0.15, 0.2) is 45.8 Å². The van der Waals surface area contributed by atoms with Crippen LogP contribution in [0.2, 0.25) is 0 Å². The molecule has 2 nitrogen and oxygen atoms in total. The molecule has 0 amide bonds. The highest BCUT2D eigenvalue weighted by atomic mass is 79.9. The van der Waals surface area contributed by atoms with Crippen LogP contribution in [0.25, 0.3) is 11.0 Å². The minimum absolute atomic E-state index is 0.235. The molecular formula is C11H10BrNO. The van der Waals surface area contributed by atoms with E-state index in [1.807, 2.05) is 24.3 Å². The summed E-state index contributed by atoms with van der Waals surface area (Å²) in [5.74, 6) is 0.744. The van der Waals surface area contributed by atoms with Gasteiger partial charge in [0, 0.05) is 9.86 Å². The second-order valence-electron chi connectivity index (χ2n) is 3.09. The number of nitrogens with two attached hydrogens (primary N) is 1. The zero-order valence-electron chi connectivity index (χ0n) is 7.53. The predicted octanol–water partition coefficient (Wildman–Crippen LogP) is 3.38. The molecule has 0 aliphatic carbocycles. The van der Waals surface area contributed by atoms with Crippen LogP contribution < -0.4 is 5.73 Å². The average molecular weight is 252 g/mol. The maximum absolute atomic E-state index is 5.77. The molecule has 1 aromatic heterocycles. The second kappa shape index (κ2) is 3.59. The Morgan fingerprint density at radius 3 is 2.93 bits per heavy atom. The molecule has 2 rings (SSSR count). The van der Waals surface area contributed by atoms with Crippen LogP contribution in [0.4, 0.5) is 0 Å². The fourth-order valence-corrected chi connectivity index (χ4v) is 1.69. The van der Waals surface area contributed by atoms with Gasteiger partial charge in [-0.25, -0.2) is 0 Å². The van der Waals surface area contributed by atoms with Crippen molar-refractivity contribution in [3.8, 4) is 0 Å². The van der Waals surface area contributed by atoms with Crippen molar-refractivity contribution in [1.29, 1.82) is 0 Å². The molecule has 0 aliphatic heterocycles. The number of hydrogen-bond acceptors (Lipinski definition) is 2. The zero-order valence-corrected chi connectivity index (χ0v) is 9.12. The quantitative estimate of drug-likeness (QED) is 0.832. The minimum atomic E-state index is -0.235. The van der Waals surface area contributed by atoms with Crippen LogP contribution in [0.5, 0.6) is 0 Å². The van der Waals surface area contributed by atoms with E-state index < -0.39 is 0 Å². The van der Waals surface area contributed by atoms with Gasteiger partial charge in [0.2, 0.25) is 0 Å². The van der Waals surface area contributed by atoms with Crippen molar-refractivity contribution >= 4 is 26.9 Å². The minimum Gasteiger partial charge on any atom is -0.459 e. The van der Waals surface area contributed by atoms with Gasteiger partial charge in [0.25, 0.3) is 0 Å². The molecule has 0 saturated heterocycles. The second-order valence-corrected chi connectivity index (χ2v) is 4.01. The van der Waals surface area contributed by atoms with Gasteiger partial charge in [0.15, 0.2) is 0 Å². The van der Waals surface area contributed by atoms with Crippen LogP contribution in [0.3, 0.4) is 0 Å². The molecule has 0 fully saturated rings. The molecule has 2 N–H and O–H groups in total. The van der Waals surface area contributed by atoms with E-state index in [0.29, 0.717) is 0 Å². The molecule has 2 aromatic rings. The Morgan fingerprint density at radius 2 is 2.21 bits per heavy atom. The summed E-state index contributed by atoms with van der Waals surface area (Å²) in [5.41, 5.74) is 6.62. The lowest BCUT2D eigenvalue weighted by Gasteiger charge is -1.98. The summed E-state index contributed by atoms with van der Waals surface area (Å²) in [6.07, 6.45) is 1.66. The standard InChI is InChI=1S/C11H10BrNO/c1-2-9(13)11-6-7-5-8(12)3-4-10(7)14-11/h2-6,9H,1,13H2. The van der Waals surface area contributed by atoms with Crippen LogP contribution in [-0.4, -0.2) is 0 Å². The number of rotatable bonds is 2. The topological polar surface area (TPSA) is 39.2 Å².